The molecule has 0 spiro atoms. The van der Waals surface area contributed by atoms with Gasteiger partial charge in [-0.25, -0.2) is 9.78 Å². The number of halogens is 1. The van der Waals surface area contributed by atoms with E-state index in [2.05, 4.69) is 15.6 Å². The number of nitrogens with one attached hydrogen (secondary N) is 2. The van der Waals surface area contributed by atoms with Crippen molar-refractivity contribution < 1.29 is 9.53 Å². The molecule has 0 atom stereocenters. The van der Waals surface area contributed by atoms with Crippen LogP contribution in [0.1, 0.15) is 18.1 Å². The van der Waals surface area contributed by atoms with Crippen LogP contribution in [0.5, 0.6) is 0 Å². The van der Waals surface area contributed by atoms with E-state index < -0.39 is 5.97 Å². The molecule has 6 nitrogen and oxygen atoms in total. The Morgan fingerprint density at radius 3 is 2.42 bits per heavy atom. The molecule has 1 heterocycles. The fraction of sp³-hybridized carbons (Fsp3) is 0.211. The lowest BCUT2D eigenvalue weighted by atomic mass is 10.2. The van der Waals surface area contributed by atoms with Gasteiger partial charge in [-0.2, -0.15) is 5.26 Å². The Balaban J connectivity index is 2.17. The number of hydrogen-bond acceptors (Lipinski definition) is 6. The first-order valence-corrected chi connectivity index (χ1v) is 8.45. The Bertz CT molecular complexity index is 799. The minimum absolute atomic E-state index is 0.107. The zero-order chi connectivity index (χ0) is 18.8. The maximum atomic E-state index is 12.1. The molecule has 0 bridgehead atoms. The third-order valence-electron chi connectivity index (χ3n) is 3.41. The van der Waals surface area contributed by atoms with Gasteiger partial charge in [0, 0.05) is 19.3 Å². The van der Waals surface area contributed by atoms with Gasteiger partial charge in [0.15, 0.2) is 5.57 Å². The number of ether oxygens (including phenoxy) is 1. The fourth-order valence-corrected chi connectivity index (χ4v) is 2.25. The second-order valence-corrected chi connectivity index (χ2v) is 5.65. The molecule has 0 unspecified atom stereocenters. The Morgan fingerprint density at radius 1 is 1.15 bits per heavy atom. The van der Waals surface area contributed by atoms with E-state index in [1.54, 1.807) is 19.2 Å². The summed E-state index contributed by atoms with van der Waals surface area (Å²) in [6, 6.07) is 15.1. The van der Waals surface area contributed by atoms with Crippen LogP contribution in [0.4, 0.5) is 0 Å². The van der Waals surface area contributed by atoms with E-state index in [0.29, 0.717) is 24.1 Å². The molecule has 1 aromatic heterocycles. The number of benzene rings is 1. The number of pyridine rings is 1. The molecule has 134 valence electrons. The minimum Gasteiger partial charge on any atom is -0.462 e. The molecule has 7 heteroatoms. The molecule has 2 aromatic rings. The van der Waals surface area contributed by atoms with Gasteiger partial charge >= 0.3 is 5.97 Å². The molecule has 1 aromatic carbocycles. The number of rotatable bonds is 8. The Labute approximate surface area is 157 Å². The van der Waals surface area contributed by atoms with Crippen molar-refractivity contribution in [2.45, 2.75) is 20.0 Å². The van der Waals surface area contributed by atoms with E-state index in [1.165, 1.54) is 0 Å². The number of nitrogens with zero attached hydrogens (tertiary/aromatic N) is 2. The van der Waals surface area contributed by atoms with E-state index in [4.69, 9.17) is 16.3 Å². The molecule has 0 fully saturated rings. The lowest BCUT2D eigenvalue weighted by Gasteiger charge is -2.15. The molecule has 0 aliphatic heterocycles. The van der Waals surface area contributed by atoms with Crippen LogP contribution < -0.4 is 10.6 Å². The summed E-state index contributed by atoms with van der Waals surface area (Å²) in [5.74, 6) is -0.364. The lowest BCUT2D eigenvalue weighted by molar-refractivity contribution is -0.138. The second-order valence-electron chi connectivity index (χ2n) is 5.26. The van der Waals surface area contributed by atoms with Gasteiger partial charge < -0.3 is 15.4 Å². The molecular formula is C19H19ClN4O2. The van der Waals surface area contributed by atoms with Gasteiger partial charge in [0.25, 0.3) is 0 Å². The number of nitriles is 1. The topological polar surface area (TPSA) is 87.0 Å². The maximum absolute atomic E-state index is 12.1. The van der Waals surface area contributed by atoms with Gasteiger partial charge in [-0.1, -0.05) is 48.0 Å². The van der Waals surface area contributed by atoms with Crippen LogP contribution >= 0.6 is 11.6 Å². The zero-order valence-corrected chi connectivity index (χ0v) is 15.1. The summed E-state index contributed by atoms with van der Waals surface area (Å²) < 4.78 is 4.97. The molecule has 26 heavy (non-hydrogen) atoms. The van der Waals surface area contributed by atoms with Crippen LogP contribution in [0.3, 0.4) is 0 Å². The minimum atomic E-state index is -0.674. The first-order valence-electron chi connectivity index (χ1n) is 8.07. The highest BCUT2D eigenvalue weighted by molar-refractivity contribution is 6.29. The molecule has 0 aliphatic carbocycles. The molecule has 0 saturated heterocycles. The van der Waals surface area contributed by atoms with Gasteiger partial charge in [0.05, 0.1) is 6.61 Å². The second kappa shape index (κ2) is 10.1. The van der Waals surface area contributed by atoms with Crippen molar-refractivity contribution in [3.05, 3.63) is 76.3 Å². The van der Waals surface area contributed by atoms with Gasteiger partial charge in [0.2, 0.25) is 0 Å². The van der Waals surface area contributed by atoms with Crippen LogP contribution in [0, 0.1) is 11.3 Å². The summed E-state index contributed by atoms with van der Waals surface area (Å²) in [7, 11) is 0. The number of hydrogen-bond donors (Lipinski definition) is 2. The first-order chi connectivity index (χ1) is 12.6. The van der Waals surface area contributed by atoms with Crippen molar-refractivity contribution in [1.82, 2.24) is 15.6 Å². The molecule has 2 N–H and O–H groups in total. The third kappa shape index (κ3) is 5.80. The van der Waals surface area contributed by atoms with Crippen LogP contribution in [-0.4, -0.2) is 17.6 Å². The Kier molecular flexibility index (Phi) is 7.47. The zero-order valence-electron chi connectivity index (χ0n) is 14.3. The lowest BCUT2D eigenvalue weighted by Crippen LogP contribution is -2.30. The molecule has 0 amide bonds. The van der Waals surface area contributed by atoms with Crippen molar-refractivity contribution >= 4 is 17.6 Å². The SMILES string of the molecule is CCOC(=O)/C(C#N)=C(/NCc1ccccc1)NCc1ccc(Cl)nc1. The van der Waals surface area contributed by atoms with E-state index in [1.807, 2.05) is 42.5 Å². The quantitative estimate of drug-likeness (QED) is 0.321. The van der Waals surface area contributed by atoms with Crippen molar-refractivity contribution in [3.8, 4) is 6.07 Å². The smallest absolute Gasteiger partial charge is 0.352 e. The van der Waals surface area contributed by atoms with Gasteiger partial charge in [-0.05, 0) is 24.1 Å². The highest BCUT2D eigenvalue weighted by Gasteiger charge is 2.17. The third-order valence-corrected chi connectivity index (χ3v) is 3.63. The Hall–Kier alpha value is -3.04. The number of carbonyl (C=O) groups is 1. The van der Waals surface area contributed by atoms with Gasteiger partial charge in [-0.15, -0.1) is 0 Å². The molecule has 0 radical (unpaired) electrons. The standard InChI is InChI=1S/C19H19ClN4O2/c1-2-26-19(25)16(10-21)18(23-11-14-6-4-3-5-7-14)24-13-15-8-9-17(20)22-12-15/h3-9,12,23-24H,2,11,13H2,1H3/b18-16-. The molecule has 0 aliphatic rings. The van der Waals surface area contributed by atoms with E-state index in [-0.39, 0.29) is 12.2 Å². The highest BCUT2D eigenvalue weighted by Crippen LogP contribution is 2.08. The first kappa shape index (κ1) is 19.3. The highest BCUT2D eigenvalue weighted by atomic mass is 35.5. The van der Waals surface area contributed by atoms with Crippen molar-refractivity contribution in [3.63, 3.8) is 0 Å². The molecule has 0 saturated carbocycles. The van der Waals surface area contributed by atoms with E-state index in [0.717, 1.165) is 11.1 Å². The normalized spacial score (nSPS) is 11.1. The summed E-state index contributed by atoms with van der Waals surface area (Å²) in [6.07, 6.45) is 1.63. The van der Waals surface area contributed by atoms with E-state index >= 15 is 0 Å². The number of carbonyl (C=O) groups excluding carboxylic acids is 1. The monoisotopic (exact) mass is 370 g/mol. The maximum Gasteiger partial charge on any atom is 0.352 e. The Morgan fingerprint density at radius 2 is 1.85 bits per heavy atom. The predicted octanol–water partition coefficient (Wildman–Crippen LogP) is 2.91. The van der Waals surface area contributed by atoms with Crippen LogP contribution in [0.15, 0.2) is 60.1 Å². The average Bonchev–Trinajstić information content (AvgIpc) is 2.66. The number of esters is 1. The van der Waals surface area contributed by atoms with Crippen molar-refractivity contribution in [2.75, 3.05) is 6.61 Å². The fourth-order valence-electron chi connectivity index (χ4n) is 2.13. The summed E-state index contributed by atoms with van der Waals surface area (Å²) in [5, 5.41) is 16.0. The summed E-state index contributed by atoms with van der Waals surface area (Å²) in [6.45, 7) is 2.70. The number of aromatic nitrogens is 1. The summed E-state index contributed by atoms with van der Waals surface area (Å²) >= 11 is 5.78. The van der Waals surface area contributed by atoms with Crippen LogP contribution in [0.25, 0.3) is 0 Å². The molecular weight excluding hydrogens is 352 g/mol. The largest absolute Gasteiger partial charge is 0.462 e. The predicted molar refractivity (Wildman–Crippen MR) is 98.6 cm³/mol. The molecule has 2 rings (SSSR count). The van der Waals surface area contributed by atoms with E-state index in [9.17, 15) is 10.1 Å². The van der Waals surface area contributed by atoms with Crippen LogP contribution in [-0.2, 0) is 22.6 Å². The van der Waals surface area contributed by atoms with Gasteiger partial charge in [0.1, 0.15) is 17.0 Å². The van der Waals surface area contributed by atoms with Crippen molar-refractivity contribution in [2.24, 2.45) is 0 Å². The van der Waals surface area contributed by atoms with Gasteiger partial charge in [-0.3, -0.25) is 0 Å². The van der Waals surface area contributed by atoms with Crippen LogP contribution in [0.2, 0.25) is 5.15 Å². The van der Waals surface area contributed by atoms with Crippen molar-refractivity contribution in [1.29, 1.82) is 5.26 Å². The summed E-state index contributed by atoms with van der Waals surface area (Å²) in [4.78, 5) is 16.1. The summed E-state index contributed by atoms with van der Waals surface area (Å²) in [5.41, 5.74) is 1.76. The average molecular weight is 371 g/mol.